The summed E-state index contributed by atoms with van der Waals surface area (Å²) in [6, 6.07) is 1.81. The Morgan fingerprint density at radius 1 is 1.47 bits per heavy atom. The summed E-state index contributed by atoms with van der Waals surface area (Å²) >= 11 is 2.73. The van der Waals surface area contributed by atoms with Crippen molar-refractivity contribution in [2.24, 2.45) is 0 Å². The average molecular weight is 290 g/mol. The lowest BCUT2D eigenvalue weighted by Crippen LogP contribution is -2.11. The maximum absolute atomic E-state index is 12.2. The summed E-state index contributed by atoms with van der Waals surface area (Å²) in [5.74, 6) is -0.229. The summed E-state index contributed by atoms with van der Waals surface area (Å²) in [7, 11) is 0. The zero-order valence-electron chi connectivity index (χ0n) is 10.0. The molecule has 7 heteroatoms. The van der Waals surface area contributed by atoms with E-state index in [0.29, 0.717) is 15.7 Å². The third kappa shape index (κ3) is 2.18. The molecule has 0 bridgehead atoms. The summed E-state index contributed by atoms with van der Waals surface area (Å²) in [4.78, 5) is 20.9. The molecule has 0 saturated carbocycles. The van der Waals surface area contributed by atoms with Gasteiger partial charge in [-0.2, -0.15) is 0 Å². The third-order valence-corrected chi connectivity index (χ3v) is 4.61. The highest BCUT2D eigenvalue weighted by atomic mass is 32.1. The van der Waals surface area contributed by atoms with Crippen LogP contribution >= 0.6 is 22.7 Å². The number of rotatable bonds is 2. The van der Waals surface area contributed by atoms with Crippen LogP contribution in [0.25, 0.3) is 10.1 Å². The molecule has 0 radical (unpaired) electrons. The Balaban J connectivity index is 1.95. The summed E-state index contributed by atoms with van der Waals surface area (Å²) in [6.07, 6.45) is 3.37. The Labute approximate surface area is 117 Å². The van der Waals surface area contributed by atoms with Crippen LogP contribution in [0.1, 0.15) is 15.4 Å². The van der Waals surface area contributed by atoms with Crippen LogP contribution in [0.4, 0.5) is 10.8 Å². The quantitative estimate of drug-likeness (QED) is 0.760. The van der Waals surface area contributed by atoms with Crippen molar-refractivity contribution in [3.05, 3.63) is 34.4 Å². The summed E-state index contributed by atoms with van der Waals surface area (Å²) in [5.41, 5.74) is 7.38. The molecule has 0 unspecified atom stereocenters. The molecule has 3 heterocycles. The zero-order chi connectivity index (χ0) is 13.4. The monoisotopic (exact) mass is 290 g/mol. The number of pyridine rings is 1. The minimum Gasteiger partial charge on any atom is -0.397 e. The van der Waals surface area contributed by atoms with Crippen molar-refractivity contribution >= 4 is 49.5 Å². The normalized spacial score (nSPS) is 10.8. The van der Waals surface area contributed by atoms with E-state index in [-0.39, 0.29) is 5.91 Å². The highest BCUT2D eigenvalue weighted by Crippen LogP contribution is 2.33. The van der Waals surface area contributed by atoms with Crippen molar-refractivity contribution in [2.75, 3.05) is 11.1 Å². The molecule has 0 saturated heterocycles. The Morgan fingerprint density at radius 3 is 3.00 bits per heavy atom. The molecule has 0 aliphatic heterocycles. The molecular weight excluding hydrogens is 280 g/mol. The van der Waals surface area contributed by atoms with Crippen molar-refractivity contribution in [3.63, 3.8) is 0 Å². The number of nitrogens with two attached hydrogens (primary N) is 1. The van der Waals surface area contributed by atoms with Gasteiger partial charge >= 0.3 is 0 Å². The van der Waals surface area contributed by atoms with Crippen LogP contribution in [0, 0.1) is 6.92 Å². The molecule has 0 aliphatic rings. The van der Waals surface area contributed by atoms with Crippen LogP contribution in [-0.2, 0) is 0 Å². The van der Waals surface area contributed by atoms with Crippen LogP contribution in [0.15, 0.2) is 23.8 Å². The highest BCUT2D eigenvalue weighted by Gasteiger charge is 2.17. The minimum atomic E-state index is -0.229. The first-order valence-electron chi connectivity index (χ1n) is 5.50. The van der Waals surface area contributed by atoms with Gasteiger partial charge in [0.1, 0.15) is 4.88 Å². The van der Waals surface area contributed by atoms with Gasteiger partial charge in [0.15, 0.2) is 5.13 Å². The Kier molecular flexibility index (Phi) is 2.92. The molecule has 3 aromatic heterocycles. The number of nitrogens with one attached hydrogen (secondary N) is 1. The smallest absolute Gasteiger partial charge is 0.269 e. The standard InChI is InChI=1S/C12H10N4OS2/c1-6-5-18-12(15-6)16-11(17)10-9(13)7-2-3-14-4-8(7)19-10/h2-5H,13H2,1H3,(H,15,16,17). The number of nitrogen functional groups attached to an aromatic ring is 1. The first kappa shape index (κ1) is 12.1. The first-order valence-corrected chi connectivity index (χ1v) is 7.20. The molecule has 5 nitrogen and oxygen atoms in total. The molecule has 0 aromatic carbocycles. The SMILES string of the molecule is Cc1csc(NC(=O)c2sc3cnccc3c2N)n1. The summed E-state index contributed by atoms with van der Waals surface area (Å²) in [6.45, 7) is 1.88. The average Bonchev–Trinajstić information content (AvgIpc) is 2.94. The lowest BCUT2D eigenvalue weighted by Gasteiger charge is -1.99. The molecule has 3 N–H and O–H groups in total. The fourth-order valence-corrected chi connectivity index (χ4v) is 3.37. The van der Waals surface area contributed by atoms with Gasteiger partial charge in [-0.1, -0.05) is 0 Å². The third-order valence-electron chi connectivity index (χ3n) is 2.58. The maximum Gasteiger partial charge on any atom is 0.269 e. The molecule has 3 aromatic rings. The number of aryl methyl sites for hydroxylation is 1. The van der Waals surface area contributed by atoms with E-state index in [0.717, 1.165) is 15.8 Å². The van der Waals surface area contributed by atoms with E-state index < -0.39 is 0 Å². The van der Waals surface area contributed by atoms with Crippen LogP contribution in [-0.4, -0.2) is 15.9 Å². The van der Waals surface area contributed by atoms with E-state index in [2.05, 4.69) is 15.3 Å². The van der Waals surface area contributed by atoms with Crippen molar-refractivity contribution in [3.8, 4) is 0 Å². The van der Waals surface area contributed by atoms with Crippen LogP contribution in [0.3, 0.4) is 0 Å². The van der Waals surface area contributed by atoms with Crippen LogP contribution < -0.4 is 11.1 Å². The second-order valence-electron chi connectivity index (χ2n) is 3.96. The van der Waals surface area contributed by atoms with Crippen molar-refractivity contribution in [1.82, 2.24) is 9.97 Å². The molecule has 0 atom stereocenters. The highest BCUT2D eigenvalue weighted by molar-refractivity contribution is 7.21. The van der Waals surface area contributed by atoms with Gasteiger partial charge in [0.25, 0.3) is 5.91 Å². The lowest BCUT2D eigenvalue weighted by atomic mass is 10.2. The Bertz CT molecular complexity index is 762. The fraction of sp³-hybridized carbons (Fsp3) is 0.0833. The number of hydrogen-bond acceptors (Lipinski definition) is 6. The van der Waals surface area contributed by atoms with Crippen molar-refractivity contribution < 1.29 is 4.79 Å². The second-order valence-corrected chi connectivity index (χ2v) is 5.88. The Morgan fingerprint density at radius 2 is 2.32 bits per heavy atom. The molecule has 1 amide bonds. The molecular formula is C12H10N4OS2. The number of aromatic nitrogens is 2. The number of carbonyl (C=O) groups is 1. The van der Waals surface area contributed by atoms with E-state index in [1.165, 1.54) is 22.7 Å². The molecule has 0 fully saturated rings. The fourth-order valence-electron chi connectivity index (χ4n) is 1.70. The lowest BCUT2D eigenvalue weighted by molar-refractivity contribution is 0.103. The zero-order valence-corrected chi connectivity index (χ0v) is 11.6. The van der Waals surface area contributed by atoms with Gasteiger partial charge in [0.2, 0.25) is 0 Å². The molecule has 19 heavy (non-hydrogen) atoms. The van der Waals surface area contributed by atoms with Crippen LogP contribution in [0.2, 0.25) is 0 Å². The summed E-state index contributed by atoms with van der Waals surface area (Å²) < 4.78 is 0.903. The molecule has 3 rings (SSSR count). The van der Waals surface area contributed by atoms with Gasteiger partial charge in [-0.25, -0.2) is 4.98 Å². The van der Waals surface area contributed by atoms with E-state index in [9.17, 15) is 4.79 Å². The Hall–Kier alpha value is -1.99. The predicted octanol–water partition coefficient (Wildman–Crippen LogP) is 2.90. The molecule has 96 valence electrons. The second kappa shape index (κ2) is 4.60. The van der Waals surface area contributed by atoms with E-state index in [1.807, 2.05) is 18.4 Å². The number of nitrogens with zero attached hydrogens (tertiary/aromatic N) is 2. The van der Waals surface area contributed by atoms with Crippen molar-refractivity contribution in [2.45, 2.75) is 6.92 Å². The van der Waals surface area contributed by atoms with E-state index in [4.69, 9.17) is 5.73 Å². The van der Waals surface area contributed by atoms with Gasteiger partial charge in [0.05, 0.1) is 16.1 Å². The topological polar surface area (TPSA) is 80.9 Å². The van der Waals surface area contributed by atoms with Crippen molar-refractivity contribution in [1.29, 1.82) is 0 Å². The number of thiophene rings is 1. The van der Waals surface area contributed by atoms with E-state index >= 15 is 0 Å². The number of anilines is 2. The van der Waals surface area contributed by atoms with Gasteiger partial charge in [-0.3, -0.25) is 15.1 Å². The van der Waals surface area contributed by atoms with E-state index in [1.54, 1.807) is 12.4 Å². The number of carbonyl (C=O) groups excluding carboxylic acids is 1. The number of amides is 1. The maximum atomic E-state index is 12.2. The van der Waals surface area contributed by atoms with Gasteiger partial charge < -0.3 is 5.73 Å². The molecule has 0 spiro atoms. The minimum absolute atomic E-state index is 0.229. The predicted molar refractivity (Wildman–Crippen MR) is 78.8 cm³/mol. The van der Waals surface area contributed by atoms with Gasteiger partial charge in [-0.05, 0) is 13.0 Å². The van der Waals surface area contributed by atoms with Gasteiger partial charge in [-0.15, -0.1) is 22.7 Å². The number of thiazole rings is 1. The number of fused-ring (bicyclic) bond motifs is 1. The van der Waals surface area contributed by atoms with Gasteiger partial charge in [0, 0.05) is 23.2 Å². The summed E-state index contributed by atoms with van der Waals surface area (Å²) in [5, 5.41) is 6.08. The molecule has 0 aliphatic carbocycles. The number of hydrogen-bond donors (Lipinski definition) is 2. The van der Waals surface area contributed by atoms with Crippen LogP contribution in [0.5, 0.6) is 0 Å². The first-order chi connectivity index (χ1) is 9.15. The largest absolute Gasteiger partial charge is 0.397 e.